The Morgan fingerprint density at radius 3 is 2.50 bits per heavy atom. The van der Waals surface area contributed by atoms with Crippen LogP contribution in [0.25, 0.3) is 0 Å². The van der Waals surface area contributed by atoms with Gasteiger partial charge in [0.2, 0.25) is 0 Å². The molecule has 2 rings (SSSR count). The van der Waals surface area contributed by atoms with Gasteiger partial charge in [0.25, 0.3) is 0 Å². The number of nitrogens with one attached hydrogen (secondary N) is 1. The highest BCUT2D eigenvalue weighted by Crippen LogP contribution is 2.19. The molecule has 0 heterocycles. The van der Waals surface area contributed by atoms with E-state index in [1.165, 1.54) is 30.3 Å². The van der Waals surface area contributed by atoms with E-state index in [0.29, 0.717) is 17.8 Å². The highest BCUT2D eigenvalue weighted by molar-refractivity contribution is 6.01. The second-order valence-corrected chi connectivity index (χ2v) is 4.53. The monoisotopic (exact) mass is 303 g/mol. The zero-order valence-electron chi connectivity index (χ0n) is 11.5. The number of halogens is 1. The number of anilines is 1. The Balaban J connectivity index is 2.26. The summed E-state index contributed by atoms with van der Waals surface area (Å²) in [5.41, 5.74) is 7.04. The molecule has 0 fully saturated rings. The lowest BCUT2D eigenvalue weighted by atomic mass is 10.1. The third-order valence-corrected chi connectivity index (χ3v) is 3.05. The summed E-state index contributed by atoms with van der Waals surface area (Å²) in [6.07, 6.45) is 0. The van der Waals surface area contributed by atoms with Crippen LogP contribution in [0.3, 0.4) is 0 Å². The molecule has 0 aliphatic rings. The number of nitrogens with two attached hydrogens (primary N) is 1. The summed E-state index contributed by atoms with van der Waals surface area (Å²) in [5, 5.41) is 23.7. The number of amidine groups is 1. The summed E-state index contributed by atoms with van der Waals surface area (Å²) in [5.74, 6) is -1.57. The van der Waals surface area contributed by atoms with Gasteiger partial charge in [-0.25, -0.2) is 9.18 Å². The second kappa shape index (κ2) is 6.57. The third kappa shape index (κ3) is 3.51. The normalized spacial score (nSPS) is 11.2. The van der Waals surface area contributed by atoms with Crippen LogP contribution in [0.4, 0.5) is 10.1 Å². The maximum Gasteiger partial charge on any atom is 0.337 e. The Hall–Kier alpha value is -3.09. The molecule has 0 unspecified atom stereocenters. The van der Waals surface area contributed by atoms with Crippen LogP contribution < -0.4 is 11.1 Å². The first-order valence-electron chi connectivity index (χ1n) is 6.35. The molecule has 0 atom stereocenters. The van der Waals surface area contributed by atoms with Gasteiger partial charge in [-0.05, 0) is 29.8 Å². The van der Waals surface area contributed by atoms with Crippen LogP contribution in [-0.4, -0.2) is 22.1 Å². The summed E-state index contributed by atoms with van der Waals surface area (Å²) in [6.45, 7) is 0.306. The molecular formula is C15H14FN3O3. The van der Waals surface area contributed by atoms with E-state index in [1.807, 2.05) is 0 Å². The quantitative estimate of drug-likeness (QED) is 0.293. The molecule has 0 radical (unpaired) electrons. The van der Waals surface area contributed by atoms with Crippen molar-refractivity contribution in [3.63, 3.8) is 0 Å². The zero-order valence-corrected chi connectivity index (χ0v) is 11.5. The van der Waals surface area contributed by atoms with E-state index in [-0.39, 0.29) is 17.2 Å². The van der Waals surface area contributed by atoms with Crippen LogP contribution in [0, 0.1) is 5.82 Å². The van der Waals surface area contributed by atoms with Crippen LogP contribution in [0.15, 0.2) is 47.6 Å². The van der Waals surface area contributed by atoms with E-state index in [4.69, 9.17) is 10.9 Å². The van der Waals surface area contributed by atoms with Crippen molar-refractivity contribution < 1.29 is 19.5 Å². The van der Waals surface area contributed by atoms with Crippen molar-refractivity contribution in [2.45, 2.75) is 6.54 Å². The number of aromatic carboxylic acids is 1. The van der Waals surface area contributed by atoms with Crippen molar-refractivity contribution in [2.24, 2.45) is 10.9 Å². The van der Waals surface area contributed by atoms with Crippen LogP contribution in [-0.2, 0) is 6.54 Å². The molecule has 0 aliphatic carbocycles. The summed E-state index contributed by atoms with van der Waals surface area (Å²) < 4.78 is 12.9. The Morgan fingerprint density at radius 1 is 1.23 bits per heavy atom. The lowest BCUT2D eigenvalue weighted by Crippen LogP contribution is -2.15. The molecule has 6 nitrogen and oxygen atoms in total. The zero-order chi connectivity index (χ0) is 16.1. The number of oxime groups is 1. The van der Waals surface area contributed by atoms with Gasteiger partial charge in [0.1, 0.15) is 5.82 Å². The molecule has 0 amide bonds. The van der Waals surface area contributed by atoms with Gasteiger partial charge in [0.05, 0.1) is 5.56 Å². The van der Waals surface area contributed by atoms with E-state index in [2.05, 4.69) is 10.5 Å². The fourth-order valence-corrected chi connectivity index (χ4v) is 1.89. The predicted octanol–water partition coefficient (Wildman–Crippen LogP) is 2.23. The Labute approximate surface area is 125 Å². The Morgan fingerprint density at radius 2 is 1.91 bits per heavy atom. The van der Waals surface area contributed by atoms with Gasteiger partial charge in [-0.2, -0.15) is 0 Å². The number of hydrogen-bond donors (Lipinski definition) is 4. The van der Waals surface area contributed by atoms with E-state index in [9.17, 15) is 14.3 Å². The summed E-state index contributed by atoms with van der Waals surface area (Å²) in [7, 11) is 0. The average Bonchev–Trinajstić information content (AvgIpc) is 2.53. The number of nitrogens with zero attached hydrogens (tertiary/aromatic N) is 1. The maximum absolute atomic E-state index is 12.9. The fourth-order valence-electron chi connectivity index (χ4n) is 1.89. The van der Waals surface area contributed by atoms with Crippen molar-refractivity contribution >= 4 is 17.5 Å². The Kier molecular flexibility index (Phi) is 4.57. The van der Waals surface area contributed by atoms with E-state index in [1.54, 1.807) is 12.1 Å². The predicted molar refractivity (Wildman–Crippen MR) is 79.6 cm³/mol. The van der Waals surface area contributed by atoms with Gasteiger partial charge in [-0.15, -0.1) is 0 Å². The molecule has 2 aromatic carbocycles. The number of hydrogen-bond acceptors (Lipinski definition) is 4. The molecule has 0 aliphatic heterocycles. The van der Waals surface area contributed by atoms with Crippen molar-refractivity contribution in [2.75, 3.05) is 5.32 Å². The van der Waals surface area contributed by atoms with Gasteiger partial charge in [0.15, 0.2) is 5.84 Å². The molecule has 2 aromatic rings. The molecule has 7 heteroatoms. The largest absolute Gasteiger partial charge is 0.478 e. The Bertz CT molecular complexity index is 714. The molecule has 5 N–H and O–H groups in total. The minimum Gasteiger partial charge on any atom is -0.478 e. The second-order valence-electron chi connectivity index (χ2n) is 4.53. The van der Waals surface area contributed by atoms with Crippen LogP contribution in [0.2, 0.25) is 0 Å². The molecule has 22 heavy (non-hydrogen) atoms. The number of carboxylic acid groups (broad SMARTS) is 1. The highest BCUT2D eigenvalue weighted by Gasteiger charge is 2.12. The molecule has 0 saturated heterocycles. The SMILES string of the molecule is NC(=NO)c1ccc(C(=O)O)c(NCc2ccc(F)cc2)c1. The maximum atomic E-state index is 12.9. The molecule has 0 saturated carbocycles. The molecule has 114 valence electrons. The molecular weight excluding hydrogens is 289 g/mol. The van der Waals surface area contributed by atoms with Crippen LogP contribution in [0.1, 0.15) is 21.5 Å². The minimum absolute atomic E-state index is 0.0524. The van der Waals surface area contributed by atoms with E-state index < -0.39 is 5.97 Å². The van der Waals surface area contributed by atoms with E-state index >= 15 is 0 Å². The first-order valence-corrected chi connectivity index (χ1v) is 6.35. The summed E-state index contributed by atoms with van der Waals surface area (Å²) in [6, 6.07) is 10.1. The summed E-state index contributed by atoms with van der Waals surface area (Å²) >= 11 is 0. The third-order valence-electron chi connectivity index (χ3n) is 3.05. The molecule has 0 bridgehead atoms. The van der Waals surface area contributed by atoms with Gasteiger partial charge in [0, 0.05) is 17.8 Å². The van der Waals surface area contributed by atoms with Crippen molar-refractivity contribution in [3.05, 3.63) is 65.0 Å². The number of carboxylic acids is 1. The van der Waals surface area contributed by atoms with Crippen molar-refractivity contribution in [1.29, 1.82) is 0 Å². The van der Waals surface area contributed by atoms with Gasteiger partial charge in [-0.3, -0.25) is 0 Å². The minimum atomic E-state index is -1.10. The van der Waals surface area contributed by atoms with Gasteiger partial charge >= 0.3 is 5.97 Å². The lowest BCUT2D eigenvalue weighted by molar-refractivity contribution is 0.0698. The van der Waals surface area contributed by atoms with Crippen molar-refractivity contribution in [1.82, 2.24) is 0 Å². The van der Waals surface area contributed by atoms with Gasteiger partial charge in [-0.1, -0.05) is 23.4 Å². The standard InChI is InChI=1S/C15H14FN3O3/c16-11-4-1-9(2-5-11)8-18-13-7-10(14(17)19-22)3-6-12(13)15(20)21/h1-7,18,22H,8H2,(H2,17,19)(H,20,21). The van der Waals surface area contributed by atoms with E-state index in [0.717, 1.165) is 5.56 Å². The first kappa shape index (κ1) is 15.3. The molecule has 0 spiro atoms. The topological polar surface area (TPSA) is 108 Å². The van der Waals surface area contributed by atoms with Crippen LogP contribution >= 0.6 is 0 Å². The van der Waals surface area contributed by atoms with Gasteiger partial charge < -0.3 is 21.4 Å². The highest BCUT2D eigenvalue weighted by atomic mass is 19.1. The first-order chi connectivity index (χ1) is 10.5. The number of carbonyl (C=O) groups is 1. The lowest BCUT2D eigenvalue weighted by Gasteiger charge is -2.11. The fraction of sp³-hybridized carbons (Fsp3) is 0.0667. The molecule has 0 aromatic heterocycles. The average molecular weight is 303 g/mol. The summed E-state index contributed by atoms with van der Waals surface area (Å²) in [4.78, 5) is 11.2. The van der Waals surface area contributed by atoms with Crippen molar-refractivity contribution in [3.8, 4) is 0 Å². The number of rotatable bonds is 5. The number of benzene rings is 2. The smallest absolute Gasteiger partial charge is 0.337 e. The van der Waals surface area contributed by atoms with Crippen LogP contribution in [0.5, 0.6) is 0 Å².